The average molecular weight is 321 g/mol. The molecule has 0 saturated heterocycles. The number of nitrogen functional groups attached to an aromatic ring is 1. The molecule has 1 aromatic heterocycles. The van der Waals surface area contributed by atoms with Gasteiger partial charge in [-0.1, -0.05) is 42.5 Å². The summed E-state index contributed by atoms with van der Waals surface area (Å²) in [5.74, 6) is 1.80. The zero-order valence-electron chi connectivity index (χ0n) is 13.4. The standard InChI is InChI=1S/C18H19N5O/c1-24-14-9-5-8-13(10-14)16-11-15(12-6-3-2-4-7-12)20-18-21-17(19)22-23(16)18/h2-10,15-16H,11H2,1H3,(H3,19,20,21,22)/t15-,16+/m0/s1. The van der Waals surface area contributed by atoms with E-state index in [1.807, 2.05) is 41.1 Å². The second-order valence-corrected chi connectivity index (χ2v) is 5.87. The van der Waals surface area contributed by atoms with Crippen LogP contribution < -0.4 is 15.8 Å². The fourth-order valence-corrected chi connectivity index (χ4v) is 3.22. The van der Waals surface area contributed by atoms with Crippen LogP contribution in [0.3, 0.4) is 0 Å². The first-order valence-electron chi connectivity index (χ1n) is 7.92. The van der Waals surface area contributed by atoms with Gasteiger partial charge < -0.3 is 15.8 Å². The van der Waals surface area contributed by atoms with Crippen LogP contribution in [0.15, 0.2) is 54.6 Å². The van der Waals surface area contributed by atoms with Crippen LogP contribution in [-0.2, 0) is 0 Å². The number of aromatic nitrogens is 3. The maximum Gasteiger partial charge on any atom is 0.241 e. The summed E-state index contributed by atoms with van der Waals surface area (Å²) in [6, 6.07) is 18.6. The number of methoxy groups -OCH3 is 1. The van der Waals surface area contributed by atoms with Crippen LogP contribution >= 0.6 is 0 Å². The summed E-state index contributed by atoms with van der Waals surface area (Å²) < 4.78 is 7.23. The smallest absolute Gasteiger partial charge is 0.241 e. The fourth-order valence-electron chi connectivity index (χ4n) is 3.22. The molecule has 122 valence electrons. The molecule has 0 aliphatic carbocycles. The molecule has 2 atom stereocenters. The van der Waals surface area contributed by atoms with Crippen molar-refractivity contribution in [2.75, 3.05) is 18.2 Å². The highest BCUT2D eigenvalue weighted by Crippen LogP contribution is 2.38. The maximum absolute atomic E-state index is 5.83. The van der Waals surface area contributed by atoms with E-state index in [1.54, 1.807) is 7.11 Å². The molecule has 6 heteroatoms. The number of anilines is 2. The van der Waals surface area contributed by atoms with Gasteiger partial charge >= 0.3 is 0 Å². The third kappa shape index (κ3) is 2.56. The van der Waals surface area contributed by atoms with Crippen molar-refractivity contribution in [3.8, 4) is 5.75 Å². The van der Waals surface area contributed by atoms with Crippen molar-refractivity contribution in [3.05, 3.63) is 65.7 Å². The normalized spacial score (nSPS) is 19.4. The van der Waals surface area contributed by atoms with Crippen LogP contribution in [0, 0.1) is 0 Å². The van der Waals surface area contributed by atoms with Crippen LogP contribution in [0.5, 0.6) is 5.75 Å². The first-order chi connectivity index (χ1) is 11.7. The van der Waals surface area contributed by atoms with Crippen molar-refractivity contribution >= 4 is 11.9 Å². The molecule has 1 aliphatic heterocycles. The second-order valence-electron chi connectivity index (χ2n) is 5.87. The average Bonchev–Trinajstić information content (AvgIpc) is 3.01. The highest BCUT2D eigenvalue weighted by atomic mass is 16.5. The summed E-state index contributed by atoms with van der Waals surface area (Å²) in [6.07, 6.45) is 0.854. The summed E-state index contributed by atoms with van der Waals surface area (Å²) in [6.45, 7) is 0. The van der Waals surface area contributed by atoms with Gasteiger partial charge in [0.2, 0.25) is 11.9 Å². The maximum atomic E-state index is 5.83. The predicted molar refractivity (Wildman–Crippen MR) is 93.0 cm³/mol. The first-order valence-corrected chi connectivity index (χ1v) is 7.92. The number of nitrogens with one attached hydrogen (secondary N) is 1. The topological polar surface area (TPSA) is 78.0 Å². The molecule has 0 unspecified atom stereocenters. The lowest BCUT2D eigenvalue weighted by Crippen LogP contribution is -2.28. The van der Waals surface area contributed by atoms with E-state index in [4.69, 9.17) is 10.5 Å². The van der Waals surface area contributed by atoms with E-state index >= 15 is 0 Å². The van der Waals surface area contributed by atoms with Gasteiger partial charge in [-0.3, -0.25) is 0 Å². The largest absolute Gasteiger partial charge is 0.497 e. The number of benzene rings is 2. The molecule has 3 aromatic rings. The highest BCUT2D eigenvalue weighted by Gasteiger charge is 2.30. The highest BCUT2D eigenvalue weighted by molar-refractivity contribution is 5.42. The second kappa shape index (κ2) is 5.88. The molecular formula is C18H19N5O. The van der Waals surface area contributed by atoms with Crippen LogP contribution in [0.25, 0.3) is 0 Å². The number of hydrogen-bond donors (Lipinski definition) is 2. The van der Waals surface area contributed by atoms with E-state index in [0.29, 0.717) is 5.95 Å². The summed E-state index contributed by atoms with van der Waals surface area (Å²) >= 11 is 0. The monoisotopic (exact) mass is 321 g/mol. The number of fused-ring (bicyclic) bond motifs is 1. The van der Waals surface area contributed by atoms with E-state index in [9.17, 15) is 0 Å². The molecule has 4 rings (SSSR count). The number of nitrogens with two attached hydrogens (primary N) is 1. The minimum Gasteiger partial charge on any atom is -0.497 e. The Labute approximate surface area is 140 Å². The van der Waals surface area contributed by atoms with E-state index in [1.165, 1.54) is 5.56 Å². The molecule has 0 saturated carbocycles. The molecule has 0 amide bonds. The SMILES string of the molecule is COc1cccc([C@H]2C[C@@H](c3ccccc3)Nc3nc(N)nn32)c1. The molecule has 3 N–H and O–H groups in total. The number of rotatable bonds is 3. The van der Waals surface area contributed by atoms with Crippen LogP contribution in [0.1, 0.15) is 29.6 Å². The van der Waals surface area contributed by atoms with Crippen LogP contribution in [0.2, 0.25) is 0 Å². The molecule has 0 spiro atoms. The molecule has 2 aromatic carbocycles. The molecule has 0 bridgehead atoms. The Kier molecular flexibility index (Phi) is 3.57. The van der Waals surface area contributed by atoms with E-state index in [0.717, 1.165) is 17.7 Å². The zero-order chi connectivity index (χ0) is 16.5. The summed E-state index contributed by atoms with van der Waals surface area (Å²) in [4.78, 5) is 4.33. The van der Waals surface area contributed by atoms with Crippen molar-refractivity contribution in [1.82, 2.24) is 14.8 Å². The molecular weight excluding hydrogens is 302 g/mol. The van der Waals surface area contributed by atoms with Crippen molar-refractivity contribution in [2.45, 2.75) is 18.5 Å². The zero-order valence-corrected chi connectivity index (χ0v) is 13.4. The van der Waals surface area contributed by atoms with Gasteiger partial charge in [0.1, 0.15) is 5.75 Å². The number of ether oxygens (including phenoxy) is 1. The van der Waals surface area contributed by atoms with Gasteiger partial charge in [0.25, 0.3) is 0 Å². The minimum absolute atomic E-state index is 0.0476. The lowest BCUT2D eigenvalue weighted by Gasteiger charge is -2.31. The van der Waals surface area contributed by atoms with Crippen LogP contribution in [0.4, 0.5) is 11.9 Å². The molecule has 0 radical (unpaired) electrons. The van der Waals surface area contributed by atoms with Gasteiger partial charge in [-0.15, -0.1) is 5.10 Å². The Bertz CT molecular complexity index is 846. The van der Waals surface area contributed by atoms with Gasteiger partial charge in [0.05, 0.1) is 19.2 Å². The Morgan fingerprint density at radius 2 is 1.92 bits per heavy atom. The quantitative estimate of drug-likeness (QED) is 0.775. The molecule has 1 aliphatic rings. The summed E-state index contributed by atoms with van der Waals surface area (Å²) in [7, 11) is 1.67. The van der Waals surface area contributed by atoms with Gasteiger partial charge in [-0.25, -0.2) is 4.68 Å². The minimum atomic E-state index is 0.0476. The van der Waals surface area contributed by atoms with E-state index in [-0.39, 0.29) is 18.0 Å². The summed E-state index contributed by atoms with van der Waals surface area (Å²) in [5, 5.41) is 7.81. The Morgan fingerprint density at radius 3 is 2.71 bits per heavy atom. The van der Waals surface area contributed by atoms with Crippen molar-refractivity contribution < 1.29 is 4.74 Å². The lowest BCUT2D eigenvalue weighted by molar-refractivity contribution is 0.407. The Balaban J connectivity index is 1.76. The molecule has 2 heterocycles. The van der Waals surface area contributed by atoms with E-state index < -0.39 is 0 Å². The number of hydrogen-bond acceptors (Lipinski definition) is 5. The molecule has 24 heavy (non-hydrogen) atoms. The first kappa shape index (κ1) is 14.6. The van der Waals surface area contributed by atoms with Gasteiger partial charge in [0, 0.05) is 0 Å². The van der Waals surface area contributed by atoms with Gasteiger partial charge in [-0.2, -0.15) is 4.98 Å². The van der Waals surface area contributed by atoms with Crippen molar-refractivity contribution in [2.24, 2.45) is 0 Å². The Morgan fingerprint density at radius 1 is 1.12 bits per heavy atom. The molecule has 6 nitrogen and oxygen atoms in total. The Hall–Kier alpha value is -3.02. The predicted octanol–water partition coefficient (Wildman–Crippen LogP) is 3.02. The van der Waals surface area contributed by atoms with Crippen molar-refractivity contribution in [1.29, 1.82) is 0 Å². The molecule has 0 fully saturated rings. The third-order valence-corrected chi connectivity index (χ3v) is 4.39. The lowest BCUT2D eigenvalue weighted by atomic mass is 9.93. The van der Waals surface area contributed by atoms with Crippen LogP contribution in [-0.4, -0.2) is 21.9 Å². The third-order valence-electron chi connectivity index (χ3n) is 4.39. The van der Waals surface area contributed by atoms with Gasteiger partial charge in [-0.05, 0) is 29.7 Å². The van der Waals surface area contributed by atoms with Crippen molar-refractivity contribution in [3.63, 3.8) is 0 Å². The van der Waals surface area contributed by atoms with E-state index in [2.05, 4.69) is 33.6 Å². The number of nitrogens with zero attached hydrogens (tertiary/aromatic N) is 3. The summed E-state index contributed by atoms with van der Waals surface area (Å²) in [5.41, 5.74) is 8.18. The van der Waals surface area contributed by atoms with Gasteiger partial charge in [0.15, 0.2) is 0 Å². The fraction of sp³-hybridized carbons (Fsp3) is 0.222.